The predicted molar refractivity (Wildman–Crippen MR) is 129 cm³/mol. The second-order valence-electron chi connectivity index (χ2n) is 8.06. The van der Waals surface area contributed by atoms with Crippen molar-refractivity contribution in [3.63, 3.8) is 0 Å². The van der Waals surface area contributed by atoms with Gasteiger partial charge in [0.25, 0.3) is 11.8 Å². The number of aromatic nitrogens is 2. The van der Waals surface area contributed by atoms with Crippen LogP contribution < -0.4 is 10.2 Å². The first kappa shape index (κ1) is 21.2. The van der Waals surface area contributed by atoms with Gasteiger partial charge >= 0.3 is 0 Å². The summed E-state index contributed by atoms with van der Waals surface area (Å²) in [5.74, 6) is -0.622. The molecule has 0 aliphatic carbocycles. The van der Waals surface area contributed by atoms with Gasteiger partial charge in [-0.05, 0) is 47.9 Å². The quantitative estimate of drug-likeness (QED) is 0.495. The Morgan fingerprint density at radius 3 is 2.50 bits per heavy atom. The molecule has 0 saturated heterocycles. The van der Waals surface area contributed by atoms with E-state index in [1.165, 1.54) is 17.8 Å². The molecule has 2 amide bonds. The van der Waals surface area contributed by atoms with Crippen LogP contribution in [0.3, 0.4) is 0 Å². The summed E-state index contributed by atoms with van der Waals surface area (Å²) in [5, 5.41) is 16.1. The van der Waals surface area contributed by atoms with Gasteiger partial charge < -0.3 is 10.2 Å². The maximum Gasteiger partial charge on any atom is 0.278 e. The van der Waals surface area contributed by atoms with E-state index in [4.69, 9.17) is 5.26 Å². The highest BCUT2D eigenvalue weighted by Crippen LogP contribution is 2.26. The third-order valence-corrected chi connectivity index (χ3v) is 5.82. The first-order valence-corrected chi connectivity index (χ1v) is 10.9. The highest BCUT2D eigenvalue weighted by Gasteiger charge is 2.30. The number of hydrogen-bond donors (Lipinski definition) is 1. The van der Waals surface area contributed by atoms with Gasteiger partial charge in [0.05, 0.1) is 30.1 Å². The molecule has 1 aliphatic rings. The molecule has 0 saturated carbocycles. The third kappa shape index (κ3) is 4.17. The van der Waals surface area contributed by atoms with E-state index in [0.717, 1.165) is 17.7 Å². The van der Waals surface area contributed by atoms with E-state index in [2.05, 4.69) is 22.5 Å². The second-order valence-corrected chi connectivity index (χ2v) is 8.06. The van der Waals surface area contributed by atoms with Crippen LogP contribution in [0.5, 0.6) is 0 Å². The molecule has 4 aromatic rings. The topological polar surface area (TPSA) is 91.0 Å². The van der Waals surface area contributed by atoms with Crippen molar-refractivity contribution in [3.05, 3.63) is 113 Å². The molecule has 0 atom stereocenters. The Labute approximate surface area is 196 Å². The van der Waals surface area contributed by atoms with E-state index in [0.29, 0.717) is 35.6 Å². The Hall–Kier alpha value is -4.70. The number of nitriles is 1. The van der Waals surface area contributed by atoms with E-state index < -0.39 is 5.91 Å². The number of nitrogens with one attached hydrogen (secondary N) is 1. The zero-order valence-corrected chi connectivity index (χ0v) is 18.3. The lowest BCUT2D eigenvalue weighted by Crippen LogP contribution is -2.41. The van der Waals surface area contributed by atoms with Crippen molar-refractivity contribution in [2.75, 3.05) is 16.8 Å². The Morgan fingerprint density at radius 1 is 0.971 bits per heavy atom. The Bertz CT molecular complexity index is 1400. The summed E-state index contributed by atoms with van der Waals surface area (Å²) >= 11 is 0. The van der Waals surface area contributed by atoms with Gasteiger partial charge in [-0.2, -0.15) is 10.4 Å². The average Bonchev–Trinajstić information content (AvgIpc) is 3.29. The number of rotatable bonds is 5. The normalized spacial score (nSPS) is 12.7. The van der Waals surface area contributed by atoms with E-state index >= 15 is 0 Å². The van der Waals surface area contributed by atoms with Gasteiger partial charge in [-0.3, -0.25) is 14.3 Å². The molecular weight excluding hydrogens is 426 g/mol. The van der Waals surface area contributed by atoms with Gasteiger partial charge in [0.1, 0.15) is 5.69 Å². The summed E-state index contributed by atoms with van der Waals surface area (Å²) < 4.78 is 1.62. The summed E-state index contributed by atoms with van der Waals surface area (Å²) in [4.78, 5) is 27.8. The van der Waals surface area contributed by atoms with Crippen LogP contribution in [-0.4, -0.2) is 28.1 Å². The number of carbonyl (C=O) groups excluding carboxylic acids is 2. The van der Waals surface area contributed by atoms with E-state index in [9.17, 15) is 9.59 Å². The lowest BCUT2D eigenvalue weighted by atomic mass is 10.0. The standard InChI is InChI=1S/C27H21N5O2/c28-17-21-7-4-8-22(16-21)26(33)30-24-18-29-32-14-13-31(27(34)25(24)32)23-11-9-20(10-12-23)15-19-5-2-1-3-6-19/h1-12,16,18H,13-15H2,(H,30,33). The molecule has 0 unspecified atom stereocenters. The van der Waals surface area contributed by atoms with Crippen LogP contribution in [0.25, 0.3) is 0 Å². The molecule has 1 N–H and O–H groups in total. The van der Waals surface area contributed by atoms with Crippen molar-refractivity contribution in [1.29, 1.82) is 5.26 Å². The number of benzene rings is 3. The van der Waals surface area contributed by atoms with E-state index in [1.54, 1.807) is 27.8 Å². The molecule has 7 heteroatoms. The van der Waals surface area contributed by atoms with Gasteiger partial charge in [0.2, 0.25) is 0 Å². The van der Waals surface area contributed by atoms with Crippen LogP contribution in [0.2, 0.25) is 0 Å². The fourth-order valence-electron chi connectivity index (χ4n) is 4.09. The monoisotopic (exact) mass is 447 g/mol. The molecule has 1 aromatic heterocycles. The zero-order chi connectivity index (χ0) is 23.5. The number of carbonyl (C=O) groups is 2. The lowest BCUT2D eigenvalue weighted by Gasteiger charge is -2.28. The number of nitrogens with zero attached hydrogens (tertiary/aromatic N) is 4. The molecular formula is C27H21N5O2. The molecule has 7 nitrogen and oxygen atoms in total. The minimum atomic E-state index is -0.400. The number of fused-ring (bicyclic) bond motifs is 1. The second kappa shape index (κ2) is 9.04. The van der Waals surface area contributed by atoms with Gasteiger partial charge in [-0.25, -0.2) is 0 Å². The largest absolute Gasteiger partial charge is 0.319 e. The van der Waals surface area contributed by atoms with Crippen molar-refractivity contribution < 1.29 is 9.59 Å². The van der Waals surface area contributed by atoms with Crippen LogP contribution in [0, 0.1) is 11.3 Å². The number of anilines is 2. The smallest absolute Gasteiger partial charge is 0.278 e. The minimum absolute atomic E-state index is 0.222. The molecule has 0 radical (unpaired) electrons. The number of amides is 2. The van der Waals surface area contributed by atoms with Crippen molar-refractivity contribution in [2.45, 2.75) is 13.0 Å². The van der Waals surface area contributed by atoms with E-state index in [1.807, 2.05) is 48.5 Å². The van der Waals surface area contributed by atoms with E-state index in [-0.39, 0.29) is 5.91 Å². The number of hydrogen-bond acceptors (Lipinski definition) is 4. The molecule has 0 fully saturated rings. The SMILES string of the molecule is N#Cc1cccc(C(=O)Nc2cnn3c2C(=O)N(c2ccc(Cc4ccccc4)cc2)CC3)c1. The maximum atomic E-state index is 13.4. The van der Waals surface area contributed by atoms with Crippen molar-refractivity contribution >= 4 is 23.2 Å². The molecule has 166 valence electrons. The summed E-state index contributed by atoms with van der Waals surface area (Å²) in [7, 11) is 0. The first-order valence-electron chi connectivity index (χ1n) is 10.9. The average molecular weight is 447 g/mol. The molecule has 3 aromatic carbocycles. The van der Waals surface area contributed by atoms with Crippen molar-refractivity contribution in [3.8, 4) is 6.07 Å². The summed E-state index contributed by atoms with van der Waals surface area (Å²) in [6, 6.07) is 26.6. The van der Waals surface area contributed by atoms with Gasteiger partial charge in [0, 0.05) is 17.8 Å². The minimum Gasteiger partial charge on any atom is -0.319 e. The Kier molecular flexibility index (Phi) is 5.63. The predicted octanol–water partition coefficient (Wildman–Crippen LogP) is 4.26. The maximum absolute atomic E-state index is 13.4. The fourth-order valence-corrected chi connectivity index (χ4v) is 4.09. The van der Waals surface area contributed by atoms with Crippen molar-refractivity contribution in [2.24, 2.45) is 0 Å². The lowest BCUT2D eigenvalue weighted by molar-refractivity contribution is 0.0963. The third-order valence-electron chi connectivity index (χ3n) is 5.82. The molecule has 5 rings (SSSR count). The summed E-state index contributed by atoms with van der Waals surface area (Å²) in [5.41, 5.74) is 4.61. The molecule has 1 aliphatic heterocycles. The van der Waals surface area contributed by atoms with Crippen LogP contribution in [0.4, 0.5) is 11.4 Å². The van der Waals surface area contributed by atoms with Gasteiger partial charge in [0.15, 0.2) is 0 Å². The van der Waals surface area contributed by atoms with Crippen LogP contribution in [0.1, 0.15) is 37.5 Å². The first-order chi connectivity index (χ1) is 16.6. The Balaban J connectivity index is 1.34. The fraction of sp³-hybridized carbons (Fsp3) is 0.111. The Morgan fingerprint density at radius 2 is 1.74 bits per heavy atom. The summed E-state index contributed by atoms with van der Waals surface area (Å²) in [6.45, 7) is 1.01. The van der Waals surface area contributed by atoms with Crippen LogP contribution in [-0.2, 0) is 13.0 Å². The van der Waals surface area contributed by atoms with Crippen LogP contribution in [0.15, 0.2) is 85.1 Å². The van der Waals surface area contributed by atoms with Gasteiger partial charge in [-0.15, -0.1) is 0 Å². The van der Waals surface area contributed by atoms with Crippen LogP contribution >= 0.6 is 0 Å². The highest BCUT2D eigenvalue weighted by atomic mass is 16.2. The molecule has 2 heterocycles. The highest BCUT2D eigenvalue weighted by molar-refractivity contribution is 6.13. The molecule has 34 heavy (non-hydrogen) atoms. The summed E-state index contributed by atoms with van der Waals surface area (Å²) in [6.07, 6.45) is 2.32. The van der Waals surface area contributed by atoms with Crippen molar-refractivity contribution in [1.82, 2.24) is 9.78 Å². The molecule has 0 spiro atoms. The van der Waals surface area contributed by atoms with Gasteiger partial charge in [-0.1, -0.05) is 48.5 Å². The zero-order valence-electron chi connectivity index (χ0n) is 18.3. The molecule has 0 bridgehead atoms.